The first-order valence-electron chi connectivity index (χ1n) is 6.92. The van der Waals surface area contributed by atoms with Crippen molar-refractivity contribution in [3.8, 4) is 0 Å². The van der Waals surface area contributed by atoms with Crippen LogP contribution in [0.1, 0.15) is 49.7 Å². The van der Waals surface area contributed by atoms with Gasteiger partial charge in [-0.15, -0.1) is 11.3 Å². The molecular formula is C14H24N2S. The van der Waals surface area contributed by atoms with Gasteiger partial charge in [-0.2, -0.15) is 0 Å². The number of nitrogens with zero attached hydrogens (tertiary/aromatic N) is 1. The lowest BCUT2D eigenvalue weighted by atomic mass is 9.96. The molecule has 1 atom stereocenters. The van der Waals surface area contributed by atoms with Gasteiger partial charge in [0.1, 0.15) is 0 Å². The third-order valence-electron chi connectivity index (χ3n) is 3.67. The van der Waals surface area contributed by atoms with Gasteiger partial charge in [0.2, 0.25) is 0 Å². The fourth-order valence-electron chi connectivity index (χ4n) is 2.88. The lowest BCUT2D eigenvalue weighted by molar-refractivity contribution is 0.390. The molecular weight excluding hydrogens is 228 g/mol. The lowest BCUT2D eigenvalue weighted by Gasteiger charge is -2.20. The van der Waals surface area contributed by atoms with E-state index in [-0.39, 0.29) is 0 Å². The van der Waals surface area contributed by atoms with Gasteiger partial charge < -0.3 is 5.32 Å². The highest BCUT2D eigenvalue weighted by Gasteiger charge is 2.20. The highest BCUT2D eigenvalue weighted by atomic mass is 32.1. The molecule has 96 valence electrons. The van der Waals surface area contributed by atoms with Crippen molar-refractivity contribution < 1.29 is 0 Å². The number of thiazole rings is 1. The van der Waals surface area contributed by atoms with Gasteiger partial charge in [0.05, 0.1) is 5.01 Å². The Labute approximate surface area is 109 Å². The topological polar surface area (TPSA) is 24.9 Å². The first-order valence-corrected chi connectivity index (χ1v) is 7.80. The van der Waals surface area contributed by atoms with E-state index >= 15 is 0 Å². The van der Waals surface area contributed by atoms with Crippen LogP contribution in [0.2, 0.25) is 0 Å². The molecule has 1 aliphatic carbocycles. The van der Waals surface area contributed by atoms with E-state index in [4.69, 9.17) is 0 Å². The maximum atomic E-state index is 4.59. The van der Waals surface area contributed by atoms with Gasteiger partial charge in [0.25, 0.3) is 0 Å². The summed E-state index contributed by atoms with van der Waals surface area (Å²) in [6.07, 6.45) is 8.23. The number of hydrogen-bond acceptors (Lipinski definition) is 3. The molecule has 1 heterocycles. The Morgan fingerprint density at radius 1 is 1.47 bits per heavy atom. The molecule has 17 heavy (non-hydrogen) atoms. The molecule has 2 rings (SSSR count). The fraction of sp³-hybridized carbons (Fsp3) is 0.786. The van der Waals surface area contributed by atoms with Crippen LogP contribution < -0.4 is 5.32 Å². The highest BCUT2D eigenvalue weighted by Crippen LogP contribution is 2.29. The Hall–Kier alpha value is -0.410. The number of nitrogens with one attached hydrogen (secondary N) is 1. The van der Waals surface area contributed by atoms with Crippen LogP contribution in [0.5, 0.6) is 0 Å². The van der Waals surface area contributed by atoms with Crippen molar-refractivity contribution >= 4 is 11.3 Å². The van der Waals surface area contributed by atoms with Crippen molar-refractivity contribution in [3.63, 3.8) is 0 Å². The molecule has 1 saturated carbocycles. The van der Waals surface area contributed by atoms with Gasteiger partial charge >= 0.3 is 0 Å². The third-order valence-corrected chi connectivity index (χ3v) is 4.66. The van der Waals surface area contributed by atoms with Crippen LogP contribution in [0.3, 0.4) is 0 Å². The first kappa shape index (κ1) is 13.0. The van der Waals surface area contributed by atoms with Gasteiger partial charge in [-0.1, -0.05) is 32.6 Å². The van der Waals surface area contributed by atoms with E-state index in [1.165, 1.54) is 42.8 Å². The Bertz CT molecular complexity index is 329. The Kier molecular flexibility index (Phi) is 4.99. The minimum Gasteiger partial charge on any atom is -0.314 e. The lowest BCUT2D eigenvalue weighted by Crippen LogP contribution is -2.32. The minimum atomic E-state index is 0.633. The molecule has 3 heteroatoms. The largest absolute Gasteiger partial charge is 0.314 e. The van der Waals surface area contributed by atoms with Crippen LogP contribution in [-0.2, 0) is 6.42 Å². The van der Waals surface area contributed by atoms with Crippen LogP contribution in [0, 0.1) is 12.8 Å². The van der Waals surface area contributed by atoms with Crippen molar-refractivity contribution in [3.05, 3.63) is 16.1 Å². The second kappa shape index (κ2) is 6.50. The second-order valence-corrected chi connectivity index (χ2v) is 6.17. The molecule has 0 amide bonds. The average Bonchev–Trinajstić information content (AvgIpc) is 2.91. The zero-order chi connectivity index (χ0) is 12.1. The van der Waals surface area contributed by atoms with E-state index in [0.717, 1.165) is 18.9 Å². The van der Waals surface area contributed by atoms with E-state index in [1.807, 2.05) is 11.3 Å². The summed E-state index contributed by atoms with van der Waals surface area (Å²) in [4.78, 5) is 4.59. The predicted octanol–water partition coefficient (Wildman–Crippen LogP) is 3.55. The van der Waals surface area contributed by atoms with Crippen molar-refractivity contribution in [2.75, 3.05) is 6.54 Å². The molecule has 1 unspecified atom stereocenters. The Morgan fingerprint density at radius 2 is 2.24 bits per heavy atom. The molecule has 1 aromatic heterocycles. The molecule has 1 aromatic rings. The summed E-state index contributed by atoms with van der Waals surface area (Å²) in [6.45, 7) is 5.36. The van der Waals surface area contributed by atoms with E-state index in [9.17, 15) is 0 Å². The van der Waals surface area contributed by atoms with E-state index in [1.54, 1.807) is 0 Å². The van der Waals surface area contributed by atoms with Gasteiger partial charge in [-0.05, 0) is 25.8 Å². The van der Waals surface area contributed by atoms with Crippen molar-refractivity contribution in [2.45, 2.75) is 58.4 Å². The summed E-state index contributed by atoms with van der Waals surface area (Å²) in [6, 6.07) is 0.633. The molecule has 1 N–H and O–H groups in total. The van der Waals surface area contributed by atoms with Crippen molar-refractivity contribution in [2.24, 2.45) is 5.92 Å². The highest BCUT2D eigenvalue weighted by molar-refractivity contribution is 7.09. The average molecular weight is 252 g/mol. The normalized spacial score (nSPS) is 18.7. The molecule has 0 aromatic carbocycles. The number of aryl methyl sites for hydroxylation is 1. The van der Waals surface area contributed by atoms with Crippen molar-refractivity contribution in [1.82, 2.24) is 10.3 Å². The molecule has 1 fully saturated rings. The maximum Gasteiger partial charge on any atom is 0.0943 e. The number of likely N-dealkylation sites (N-methyl/N-ethyl adjacent to an activating group) is 1. The summed E-state index contributed by atoms with van der Waals surface area (Å²) in [7, 11) is 0. The maximum absolute atomic E-state index is 4.59. The molecule has 1 aliphatic rings. The van der Waals surface area contributed by atoms with Crippen molar-refractivity contribution in [1.29, 1.82) is 0 Å². The SMILES string of the molecule is CCNC(Cc1nc(C)cs1)CC1CCCC1. The van der Waals surface area contributed by atoms with Crippen LogP contribution in [-0.4, -0.2) is 17.6 Å². The zero-order valence-electron chi connectivity index (χ0n) is 11.0. The van der Waals surface area contributed by atoms with E-state index in [2.05, 4.69) is 29.5 Å². The standard InChI is InChI=1S/C14H24N2S/c1-3-15-13(8-12-6-4-5-7-12)9-14-16-11(2)10-17-14/h10,12-13,15H,3-9H2,1-2H3. The molecule has 0 aliphatic heterocycles. The minimum absolute atomic E-state index is 0.633. The van der Waals surface area contributed by atoms with E-state index in [0.29, 0.717) is 6.04 Å². The van der Waals surface area contributed by atoms with Gasteiger partial charge in [-0.25, -0.2) is 4.98 Å². The second-order valence-electron chi connectivity index (χ2n) is 5.23. The predicted molar refractivity (Wildman–Crippen MR) is 74.6 cm³/mol. The van der Waals surface area contributed by atoms with Gasteiger partial charge in [0, 0.05) is 23.5 Å². The summed E-state index contributed by atoms with van der Waals surface area (Å²) >= 11 is 1.81. The quantitative estimate of drug-likeness (QED) is 0.837. The van der Waals surface area contributed by atoms with Crippen LogP contribution >= 0.6 is 11.3 Å². The Balaban J connectivity index is 1.87. The van der Waals surface area contributed by atoms with Crippen LogP contribution in [0.25, 0.3) is 0 Å². The molecule has 0 spiro atoms. The summed E-state index contributed by atoms with van der Waals surface area (Å²) in [5, 5.41) is 7.09. The van der Waals surface area contributed by atoms with Gasteiger partial charge in [-0.3, -0.25) is 0 Å². The molecule has 0 radical (unpaired) electrons. The summed E-state index contributed by atoms with van der Waals surface area (Å²) in [5.74, 6) is 0.958. The molecule has 0 bridgehead atoms. The monoisotopic (exact) mass is 252 g/mol. The van der Waals surface area contributed by atoms with Gasteiger partial charge in [0.15, 0.2) is 0 Å². The fourth-order valence-corrected chi connectivity index (χ4v) is 3.74. The zero-order valence-corrected chi connectivity index (χ0v) is 11.9. The van der Waals surface area contributed by atoms with E-state index < -0.39 is 0 Å². The van der Waals surface area contributed by atoms with Crippen LogP contribution in [0.15, 0.2) is 5.38 Å². The number of hydrogen-bond donors (Lipinski definition) is 1. The molecule has 0 saturated heterocycles. The first-order chi connectivity index (χ1) is 8.28. The number of rotatable bonds is 6. The molecule has 2 nitrogen and oxygen atoms in total. The smallest absolute Gasteiger partial charge is 0.0943 e. The number of aromatic nitrogens is 1. The third kappa shape index (κ3) is 4.07. The van der Waals surface area contributed by atoms with Crippen LogP contribution in [0.4, 0.5) is 0 Å². The summed E-state index contributed by atoms with van der Waals surface area (Å²) < 4.78 is 0. The summed E-state index contributed by atoms with van der Waals surface area (Å²) in [5.41, 5.74) is 1.17. The Morgan fingerprint density at radius 3 is 2.82 bits per heavy atom.